The van der Waals surface area contributed by atoms with E-state index >= 15 is 0 Å². The molecule has 0 saturated carbocycles. The van der Waals surface area contributed by atoms with E-state index in [1.807, 2.05) is 6.07 Å². The third kappa shape index (κ3) is 4.44. The minimum Gasteiger partial charge on any atom is -0.454 e. The van der Waals surface area contributed by atoms with Crippen molar-refractivity contribution in [2.45, 2.75) is 25.6 Å². The van der Waals surface area contributed by atoms with Crippen LogP contribution in [-0.2, 0) is 17.0 Å². The molecule has 4 rings (SSSR count). The van der Waals surface area contributed by atoms with Gasteiger partial charge in [0.05, 0.1) is 5.69 Å². The second-order valence-corrected chi connectivity index (χ2v) is 7.20. The van der Waals surface area contributed by atoms with Gasteiger partial charge in [0.15, 0.2) is 23.1 Å². The summed E-state index contributed by atoms with van der Waals surface area (Å²) in [6.45, 7) is 2.12. The summed E-state index contributed by atoms with van der Waals surface area (Å²) in [7, 11) is 0. The summed E-state index contributed by atoms with van der Waals surface area (Å²) in [6.07, 6.45) is -0.470. The van der Waals surface area contributed by atoms with Gasteiger partial charge in [0, 0.05) is 18.5 Å². The minimum absolute atomic E-state index is 0.112. The van der Waals surface area contributed by atoms with E-state index in [1.165, 1.54) is 12.1 Å². The minimum atomic E-state index is -1.42. The standard InChI is InChI=1S/C24H22F2N2O4/c1-2-24(17-7-4-3-5-8-17,28-19-10-6-9-18(25)22(19)26)32-23(29)27-14-16-11-12-20-21(13-16)31-15-30-20/h3-13,28H,2,14-15H2,1H3,(H,27,29). The number of anilines is 1. The molecule has 1 atom stereocenters. The molecule has 2 N–H and O–H groups in total. The van der Waals surface area contributed by atoms with Crippen LogP contribution in [0.4, 0.5) is 19.3 Å². The topological polar surface area (TPSA) is 68.8 Å². The van der Waals surface area contributed by atoms with Gasteiger partial charge in [-0.25, -0.2) is 13.6 Å². The fourth-order valence-corrected chi connectivity index (χ4v) is 3.47. The zero-order valence-electron chi connectivity index (χ0n) is 17.4. The van der Waals surface area contributed by atoms with Crippen LogP contribution in [0.1, 0.15) is 24.5 Å². The van der Waals surface area contributed by atoms with E-state index in [-0.39, 0.29) is 25.4 Å². The molecule has 32 heavy (non-hydrogen) atoms. The quantitative estimate of drug-likeness (QED) is 0.489. The predicted molar refractivity (Wildman–Crippen MR) is 114 cm³/mol. The molecule has 0 bridgehead atoms. The molecule has 0 aliphatic carbocycles. The third-order valence-electron chi connectivity index (χ3n) is 5.17. The van der Waals surface area contributed by atoms with Crippen LogP contribution < -0.4 is 20.1 Å². The van der Waals surface area contributed by atoms with Crippen molar-refractivity contribution in [1.82, 2.24) is 5.32 Å². The van der Waals surface area contributed by atoms with Crippen molar-refractivity contribution in [3.8, 4) is 11.5 Å². The molecule has 1 aliphatic rings. The number of ether oxygens (including phenoxy) is 3. The summed E-state index contributed by atoms with van der Waals surface area (Å²) in [5.41, 5.74) is -0.157. The Morgan fingerprint density at radius 2 is 1.81 bits per heavy atom. The van der Waals surface area contributed by atoms with Gasteiger partial charge >= 0.3 is 6.09 Å². The Morgan fingerprint density at radius 1 is 1.03 bits per heavy atom. The highest BCUT2D eigenvalue weighted by Gasteiger charge is 2.36. The van der Waals surface area contributed by atoms with Crippen LogP contribution in [0.15, 0.2) is 66.7 Å². The normalized spacial score (nSPS) is 13.8. The number of carbonyl (C=O) groups is 1. The van der Waals surface area contributed by atoms with E-state index in [4.69, 9.17) is 14.2 Å². The Kier molecular flexibility index (Phi) is 6.11. The number of hydrogen-bond acceptors (Lipinski definition) is 5. The summed E-state index contributed by atoms with van der Waals surface area (Å²) in [4.78, 5) is 12.7. The lowest BCUT2D eigenvalue weighted by atomic mass is 9.99. The van der Waals surface area contributed by atoms with Gasteiger partial charge < -0.3 is 24.8 Å². The predicted octanol–water partition coefficient (Wildman–Crippen LogP) is 5.29. The summed E-state index contributed by atoms with van der Waals surface area (Å²) in [5.74, 6) is -0.800. The number of amides is 1. The molecule has 3 aromatic carbocycles. The molecule has 0 saturated heterocycles. The van der Waals surface area contributed by atoms with Gasteiger partial charge in [-0.2, -0.15) is 0 Å². The molecule has 0 aromatic heterocycles. The van der Waals surface area contributed by atoms with Crippen molar-refractivity contribution in [2.24, 2.45) is 0 Å². The Morgan fingerprint density at radius 3 is 2.59 bits per heavy atom. The molecule has 0 fully saturated rings. The lowest BCUT2D eigenvalue weighted by Crippen LogP contribution is -2.43. The first kappa shape index (κ1) is 21.4. The number of carbonyl (C=O) groups excluding carboxylic acids is 1. The molecule has 1 unspecified atom stereocenters. The summed E-state index contributed by atoms with van der Waals surface area (Å²) in [5, 5.41) is 5.59. The van der Waals surface area contributed by atoms with E-state index in [0.717, 1.165) is 11.6 Å². The van der Waals surface area contributed by atoms with Gasteiger partial charge in [0.1, 0.15) is 0 Å². The SMILES string of the molecule is CCC(Nc1cccc(F)c1F)(OC(=O)NCc1ccc2c(c1)OCO2)c1ccccc1. The summed E-state index contributed by atoms with van der Waals surface area (Å²) in [6, 6.07) is 18.0. The van der Waals surface area contributed by atoms with Crippen molar-refractivity contribution in [2.75, 3.05) is 12.1 Å². The lowest BCUT2D eigenvalue weighted by Gasteiger charge is -2.35. The first-order chi connectivity index (χ1) is 15.5. The second kappa shape index (κ2) is 9.13. The number of fused-ring (bicyclic) bond motifs is 1. The maximum Gasteiger partial charge on any atom is 0.409 e. The van der Waals surface area contributed by atoms with E-state index in [0.29, 0.717) is 17.1 Å². The van der Waals surface area contributed by atoms with Crippen molar-refractivity contribution in [1.29, 1.82) is 0 Å². The van der Waals surface area contributed by atoms with E-state index < -0.39 is 23.5 Å². The van der Waals surface area contributed by atoms with Crippen LogP contribution in [0.5, 0.6) is 11.5 Å². The van der Waals surface area contributed by atoms with Gasteiger partial charge in [0.25, 0.3) is 0 Å². The van der Waals surface area contributed by atoms with Gasteiger partial charge in [-0.05, 0) is 29.8 Å². The molecule has 8 heteroatoms. The zero-order chi connectivity index (χ0) is 22.6. The highest BCUT2D eigenvalue weighted by atomic mass is 19.2. The van der Waals surface area contributed by atoms with Gasteiger partial charge in [-0.15, -0.1) is 0 Å². The fourth-order valence-electron chi connectivity index (χ4n) is 3.47. The Hall–Kier alpha value is -3.81. The summed E-state index contributed by atoms with van der Waals surface area (Å²) >= 11 is 0. The summed E-state index contributed by atoms with van der Waals surface area (Å²) < 4.78 is 44.6. The van der Waals surface area contributed by atoms with Crippen molar-refractivity contribution in [3.05, 3.63) is 89.5 Å². The van der Waals surface area contributed by atoms with Crippen molar-refractivity contribution < 1.29 is 27.8 Å². The van der Waals surface area contributed by atoms with Crippen LogP contribution in [0.2, 0.25) is 0 Å². The van der Waals surface area contributed by atoms with E-state index in [2.05, 4.69) is 10.6 Å². The van der Waals surface area contributed by atoms with E-state index in [1.54, 1.807) is 49.4 Å². The largest absolute Gasteiger partial charge is 0.454 e. The molecular weight excluding hydrogens is 418 g/mol. The van der Waals surface area contributed by atoms with Crippen LogP contribution in [0.25, 0.3) is 0 Å². The van der Waals surface area contributed by atoms with Gasteiger partial charge in [0.2, 0.25) is 12.5 Å². The number of halogens is 2. The van der Waals surface area contributed by atoms with E-state index in [9.17, 15) is 13.6 Å². The molecule has 0 spiro atoms. The second-order valence-electron chi connectivity index (χ2n) is 7.20. The number of hydrogen-bond donors (Lipinski definition) is 2. The first-order valence-electron chi connectivity index (χ1n) is 10.1. The van der Waals surface area contributed by atoms with Crippen LogP contribution in [-0.4, -0.2) is 12.9 Å². The molecule has 6 nitrogen and oxygen atoms in total. The Labute approximate surface area is 184 Å². The monoisotopic (exact) mass is 440 g/mol. The van der Waals surface area contributed by atoms with Crippen LogP contribution in [0.3, 0.4) is 0 Å². The third-order valence-corrected chi connectivity index (χ3v) is 5.17. The van der Waals surface area contributed by atoms with Gasteiger partial charge in [-0.1, -0.05) is 49.4 Å². The van der Waals surface area contributed by atoms with Gasteiger partial charge in [-0.3, -0.25) is 0 Å². The molecule has 0 radical (unpaired) electrons. The van der Waals surface area contributed by atoms with Crippen LogP contribution >= 0.6 is 0 Å². The molecular formula is C24H22F2N2O4. The molecule has 1 aliphatic heterocycles. The van der Waals surface area contributed by atoms with Crippen LogP contribution in [0, 0.1) is 11.6 Å². The maximum absolute atomic E-state index is 14.4. The number of nitrogens with one attached hydrogen (secondary N) is 2. The molecule has 166 valence electrons. The average Bonchev–Trinajstić information content (AvgIpc) is 3.29. The Balaban J connectivity index is 1.54. The molecule has 3 aromatic rings. The fraction of sp³-hybridized carbons (Fsp3) is 0.208. The number of alkyl carbamates (subject to hydrolysis) is 1. The maximum atomic E-state index is 14.4. The Bertz CT molecular complexity index is 1110. The van der Waals surface area contributed by atoms with Crippen molar-refractivity contribution in [3.63, 3.8) is 0 Å². The molecule has 1 heterocycles. The highest BCUT2D eigenvalue weighted by molar-refractivity contribution is 5.69. The number of rotatable bonds is 7. The lowest BCUT2D eigenvalue weighted by molar-refractivity contribution is 0.0255. The zero-order valence-corrected chi connectivity index (χ0v) is 17.4. The van der Waals surface area contributed by atoms with Crippen molar-refractivity contribution >= 4 is 11.8 Å². The first-order valence-corrected chi connectivity index (χ1v) is 10.1. The smallest absolute Gasteiger partial charge is 0.409 e. The molecule has 1 amide bonds. The number of benzene rings is 3. The highest BCUT2D eigenvalue weighted by Crippen LogP contribution is 2.34. The average molecular weight is 440 g/mol.